The molecule has 9 heteroatoms. The van der Waals surface area contributed by atoms with Gasteiger partial charge in [-0.3, -0.25) is 4.72 Å². The molecule has 0 aliphatic rings. The van der Waals surface area contributed by atoms with Crippen LogP contribution in [-0.2, 0) is 23.5 Å². The highest BCUT2D eigenvalue weighted by atomic mass is 32.2. The Morgan fingerprint density at radius 1 is 1.03 bits per heavy atom. The van der Waals surface area contributed by atoms with Crippen LogP contribution >= 0.6 is 0 Å². The van der Waals surface area contributed by atoms with Crippen molar-refractivity contribution >= 4 is 27.0 Å². The van der Waals surface area contributed by atoms with Gasteiger partial charge < -0.3 is 9.30 Å². The predicted octanol–water partition coefficient (Wildman–Crippen LogP) is 4.18. The minimum absolute atomic E-state index is 0.139. The molecule has 0 bridgehead atoms. The van der Waals surface area contributed by atoms with Gasteiger partial charge in [-0.05, 0) is 54.8 Å². The Morgan fingerprint density at radius 3 is 2.41 bits per heavy atom. The second-order valence-electron chi connectivity index (χ2n) is 7.47. The third-order valence-electron chi connectivity index (χ3n) is 5.29. The number of ether oxygens (including phenoxy) is 1. The van der Waals surface area contributed by atoms with Crippen LogP contribution in [-0.4, -0.2) is 35.0 Å². The number of rotatable bonds is 8. The lowest BCUT2D eigenvalue weighted by molar-refractivity contribution is 0.415. The molecule has 0 spiro atoms. The van der Waals surface area contributed by atoms with Crippen LogP contribution in [0, 0.1) is 0 Å². The molecule has 2 aromatic carbocycles. The van der Waals surface area contributed by atoms with Gasteiger partial charge in [-0.25, -0.2) is 23.4 Å². The minimum atomic E-state index is -3.83. The molecule has 0 saturated heterocycles. The van der Waals surface area contributed by atoms with Gasteiger partial charge >= 0.3 is 0 Å². The normalized spacial score (nSPS) is 11.6. The maximum atomic E-state index is 13.0. The lowest BCUT2D eigenvalue weighted by atomic mass is 10.1. The number of fused-ring (bicyclic) bond motifs is 1. The van der Waals surface area contributed by atoms with Crippen molar-refractivity contribution in [1.82, 2.24) is 19.5 Å². The topological polar surface area (TPSA) is 99.0 Å². The predicted molar refractivity (Wildman–Crippen MR) is 124 cm³/mol. The second-order valence-corrected chi connectivity index (χ2v) is 9.15. The van der Waals surface area contributed by atoms with Crippen LogP contribution in [0.15, 0.2) is 59.8 Å². The zero-order valence-electron chi connectivity index (χ0n) is 18.2. The number of nitrogens with zero attached hydrogens (tertiary/aromatic N) is 4. The summed E-state index contributed by atoms with van der Waals surface area (Å²) < 4.78 is 35.6. The molecule has 32 heavy (non-hydrogen) atoms. The summed E-state index contributed by atoms with van der Waals surface area (Å²) in [6.07, 6.45) is 4.42. The standard InChI is InChI=1S/C23H25N5O3S/c1-4-5-6-16-7-13-19(14-8-16)32(29,30)27-21-20-23(25-15-24-21)28(2)22(26-20)17-9-11-18(31-3)12-10-17/h7-15H,4-6H2,1-3H3,(H,24,25,27). The van der Waals surface area contributed by atoms with Gasteiger partial charge in [-0.2, -0.15) is 0 Å². The maximum Gasteiger partial charge on any atom is 0.263 e. The maximum absolute atomic E-state index is 13.0. The van der Waals surface area contributed by atoms with Crippen molar-refractivity contribution in [2.75, 3.05) is 11.8 Å². The van der Waals surface area contributed by atoms with Crippen molar-refractivity contribution in [3.8, 4) is 17.1 Å². The largest absolute Gasteiger partial charge is 0.497 e. The molecular formula is C23H25N5O3S. The molecule has 0 fully saturated rings. The van der Waals surface area contributed by atoms with Gasteiger partial charge in [-0.15, -0.1) is 0 Å². The highest BCUT2D eigenvalue weighted by Gasteiger charge is 2.20. The molecule has 0 aliphatic heterocycles. The number of aryl methyl sites for hydroxylation is 2. The average Bonchev–Trinajstić information content (AvgIpc) is 3.15. The Kier molecular flexibility index (Phi) is 6.09. The summed E-state index contributed by atoms with van der Waals surface area (Å²) in [5, 5.41) is 0. The number of unbranched alkanes of at least 4 members (excludes halogenated alkanes) is 1. The third kappa shape index (κ3) is 4.29. The number of hydrogen-bond donors (Lipinski definition) is 1. The molecule has 0 aliphatic carbocycles. The number of hydrogen-bond acceptors (Lipinski definition) is 6. The highest BCUT2D eigenvalue weighted by molar-refractivity contribution is 7.92. The Balaban J connectivity index is 1.67. The summed E-state index contributed by atoms with van der Waals surface area (Å²) in [5.74, 6) is 1.52. The van der Waals surface area contributed by atoms with Crippen molar-refractivity contribution < 1.29 is 13.2 Å². The van der Waals surface area contributed by atoms with E-state index in [4.69, 9.17) is 4.74 Å². The van der Waals surface area contributed by atoms with Gasteiger partial charge in [0.1, 0.15) is 17.9 Å². The molecule has 0 unspecified atom stereocenters. The average molecular weight is 452 g/mol. The van der Waals surface area contributed by atoms with E-state index in [2.05, 4.69) is 26.6 Å². The molecular weight excluding hydrogens is 426 g/mol. The summed E-state index contributed by atoms with van der Waals surface area (Å²) in [4.78, 5) is 13.3. The Bertz CT molecular complexity index is 1330. The van der Waals surface area contributed by atoms with E-state index in [-0.39, 0.29) is 10.7 Å². The molecule has 0 saturated carbocycles. The first-order valence-electron chi connectivity index (χ1n) is 10.4. The van der Waals surface area contributed by atoms with Crippen molar-refractivity contribution in [1.29, 1.82) is 0 Å². The molecule has 8 nitrogen and oxygen atoms in total. The lowest BCUT2D eigenvalue weighted by Crippen LogP contribution is -2.14. The number of methoxy groups -OCH3 is 1. The van der Waals surface area contributed by atoms with Gasteiger partial charge in [0.05, 0.1) is 12.0 Å². The van der Waals surface area contributed by atoms with Crippen LogP contribution in [0.1, 0.15) is 25.3 Å². The van der Waals surface area contributed by atoms with Crippen LogP contribution in [0.5, 0.6) is 5.75 Å². The third-order valence-corrected chi connectivity index (χ3v) is 6.64. The first-order chi connectivity index (χ1) is 15.4. The van der Waals surface area contributed by atoms with Crippen LogP contribution in [0.25, 0.3) is 22.6 Å². The van der Waals surface area contributed by atoms with Gasteiger partial charge in [0, 0.05) is 12.6 Å². The lowest BCUT2D eigenvalue weighted by Gasteiger charge is -2.08. The van der Waals surface area contributed by atoms with Gasteiger partial charge in [0.2, 0.25) is 0 Å². The smallest absolute Gasteiger partial charge is 0.263 e. The molecule has 2 aromatic heterocycles. The van der Waals surface area contributed by atoms with E-state index in [1.165, 1.54) is 6.33 Å². The van der Waals surface area contributed by atoms with Gasteiger partial charge in [0.25, 0.3) is 10.0 Å². The fourth-order valence-corrected chi connectivity index (χ4v) is 4.49. The van der Waals surface area contributed by atoms with Gasteiger partial charge in [-0.1, -0.05) is 25.5 Å². The van der Waals surface area contributed by atoms with Crippen LogP contribution in [0.3, 0.4) is 0 Å². The minimum Gasteiger partial charge on any atom is -0.497 e. The zero-order chi connectivity index (χ0) is 22.7. The monoisotopic (exact) mass is 451 g/mol. The Hall–Kier alpha value is -3.46. The van der Waals surface area contributed by atoms with Crippen LogP contribution in [0.2, 0.25) is 0 Å². The van der Waals surface area contributed by atoms with Crippen LogP contribution < -0.4 is 9.46 Å². The van der Waals surface area contributed by atoms with E-state index in [9.17, 15) is 8.42 Å². The van der Waals surface area contributed by atoms with E-state index in [1.54, 1.807) is 23.8 Å². The second kappa shape index (κ2) is 8.96. The fourth-order valence-electron chi connectivity index (χ4n) is 3.47. The fraction of sp³-hybridized carbons (Fsp3) is 0.261. The van der Waals surface area contributed by atoms with E-state index >= 15 is 0 Å². The molecule has 0 radical (unpaired) electrons. The van der Waals surface area contributed by atoms with E-state index in [0.29, 0.717) is 17.0 Å². The summed E-state index contributed by atoms with van der Waals surface area (Å²) >= 11 is 0. The number of benzene rings is 2. The number of imidazole rings is 1. The van der Waals surface area contributed by atoms with E-state index in [1.807, 2.05) is 43.4 Å². The summed E-state index contributed by atoms with van der Waals surface area (Å²) in [7, 11) is -0.389. The summed E-state index contributed by atoms with van der Waals surface area (Å²) in [5.41, 5.74) is 2.87. The molecule has 0 amide bonds. The number of anilines is 1. The quantitative estimate of drug-likeness (QED) is 0.431. The van der Waals surface area contributed by atoms with Crippen molar-refractivity contribution in [3.05, 3.63) is 60.4 Å². The summed E-state index contributed by atoms with van der Waals surface area (Å²) in [6.45, 7) is 2.13. The first-order valence-corrected chi connectivity index (χ1v) is 11.8. The van der Waals surface area contributed by atoms with Gasteiger partial charge in [0.15, 0.2) is 17.0 Å². The van der Waals surface area contributed by atoms with Crippen molar-refractivity contribution in [2.45, 2.75) is 31.1 Å². The number of aromatic nitrogens is 4. The Morgan fingerprint density at radius 2 is 1.75 bits per heavy atom. The van der Waals surface area contributed by atoms with E-state index < -0.39 is 10.0 Å². The molecule has 0 atom stereocenters. The van der Waals surface area contributed by atoms with Crippen molar-refractivity contribution in [3.63, 3.8) is 0 Å². The zero-order valence-corrected chi connectivity index (χ0v) is 19.1. The van der Waals surface area contributed by atoms with Crippen molar-refractivity contribution in [2.24, 2.45) is 7.05 Å². The molecule has 2 heterocycles. The molecule has 4 aromatic rings. The molecule has 1 N–H and O–H groups in total. The molecule has 166 valence electrons. The highest BCUT2D eigenvalue weighted by Crippen LogP contribution is 2.28. The molecule has 4 rings (SSSR count). The first kappa shape index (κ1) is 21.8. The number of sulfonamides is 1. The van der Waals surface area contributed by atoms with E-state index in [0.717, 1.165) is 36.1 Å². The SMILES string of the molecule is CCCCc1ccc(S(=O)(=O)Nc2ncnc3c2nc(-c2ccc(OC)cc2)n3C)cc1. The summed E-state index contributed by atoms with van der Waals surface area (Å²) in [6, 6.07) is 14.4. The Labute approximate surface area is 187 Å². The number of nitrogens with one attached hydrogen (secondary N) is 1. The van der Waals surface area contributed by atoms with Crippen LogP contribution in [0.4, 0.5) is 5.82 Å².